The molecule has 2 aromatic heterocycles. The molecule has 0 unspecified atom stereocenters. The quantitative estimate of drug-likeness (QED) is 0.328. The summed E-state index contributed by atoms with van der Waals surface area (Å²) in [5, 5.41) is 4.27. The van der Waals surface area contributed by atoms with Gasteiger partial charge in [-0.1, -0.05) is 24.3 Å². The predicted octanol–water partition coefficient (Wildman–Crippen LogP) is 5.13. The number of fused-ring (bicyclic) bond motifs is 1. The van der Waals surface area contributed by atoms with Gasteiger partial charge in [0.15, 0.2) is 0 Å². The van der Waals surface area contributed by atoms with Gasteiger partial charge in [0.05, 0.1) is 17.9 Å². The maximum atomic E-state index is 13.1. The van der Waals surface area contributed by atoms with Crippen molar-refractivity contribution in [2.24, 2.45) is 10.9 Å². The second-order valence-electron chi connectivity index (χ2n) is 6.85. The summed E-state index contributed by atoms with van der Waals surface area (Å²) in [5.41, 5.74) is 1.51. The SMILES string of the molecule is C=C[C@@H](CNC(C)=NCc1ccccc1C(F)(F)F)Cc1c[nH]c2ncccc12. The van der Waals surface area contributed by atoms with Gasteiger partial charge in [0.2, 0.25) is 0 Å². The van der Waals surface area contributed by atoms with Crippen LogP contribution >= 0.6 is 0 Å². The van der Waals surface area contributed by atoms with Gasteiger partial charge < -0.3 is 10.3 Å². The van der Waals surface area contributed by atoms with Gasteiger partial charge in [-0.05, 0) is 48.6 Å². The van der Waals surface area contributed by atoms with Gasteiger partial charge in [-0.2, -0.15) is 13.2 Å². The molecule has 29 heavy (non-hydrogen) atoms. The van der Waals surface area contributed by atoms with E-state index in [1.54, 1.807) is 19.2 Å². The van der Waals surface area contributed by atoms with Crippen molar-refractivity contribution in [1.82, 2.24) is 15.3 Å². The van der Waals surface area contributed by atoms with Crippen molar-refractivity contribution < 1.29 is 13.2 Å². The topological polar surface area (TPSA) is 53.1 Å². The van der Waals surface area contributed by atoms with Crippen LogP contribution in [0.15, 0.2) is 66.4 Å². The Kier molecular flexibility index (Phi) is 6.36. The number of aromatic nitrogens is 2. The molecule has 152 valence electrons. The molecule has 7 heteroatoms. The summed E-state index contributed by atoms with van der Waals surface area (Å²) in [6.45, 7) is 6.22. The zero-order valence-electron chi connectivity index (χ0n) is 16.1. The van der Waals surface area contributed by atoms with Crippen molar-refractivity contribution in [3.8, 4) is 0 Å². The second-order valence-corrected chi connectivity index (χ2v) is 6.85. The monoisotopic (exact) mass is 400 g/mol. The summed E-state index contributed by atoms with van der Waals surface area (Å²) in [6, 6.07) is 9.43. The number of alkyl halides is 3. The molecule has 1 aromatic carbocycles. The molecule has 0 aliphatic carbocycles. The van der Waals surface area contributed by atoms with E-state index in [1.165, 1.54) is 12.1 Å². The molecule has 0 fully saturated rings. The number of aliphatic imine (C=N–C) groups is 1. The Morgan fingerprint density at radius 1 is 1.24 bits per heavy atom. The van der Waals surface area contributed by atoms with Crippen LogP contribution in [0.25, 0.3) is 11.0 Å². The molecule has 0 radical (unpaired) electrons. The first-order valence-electron chi connectivity index (χ1n) is 9.32. The van der Waals surface area contributed by atoms with E-state index in [1.807, 2.05) is 24.4 Å². The number of aromatic amines is 1. The molecule has 2 N–H and O–H groups in total. The Morgan fingerprint density at radius 2 is 2.03 bits per heavy atom. The van der Waals surface area contributed by atoms with E-state index in [0.717, 1.165) is 29.1 Å². The summed E-state index contributed by atoms with van der Waals surface area (Å²) >= 11 is 0. The fourth-order valence-electron chi connectivity index (χ4n) is 3.18. The first-order valence-corrected chi connectivity index (χ1v) is 9.32. The van der Waals surface area contributed by atoms with E-state index >= 15 is 0 Å². The van der Waals surface area contributed by atoms with Crippen LogP contribution < -0.4 is 5.32 Å². The van der Waals surface area contributed by atoms with Crippen molar-refractivity contribution in [3.05, 3.63) is 78.1 Å². The normalized spacial score (nSPS) is 13.4. The van der Waals surface area contributed by atoms with Crippen molar-refractivity contribution >= 4 is 16.9 Å². The summed E-state index contributed by atoms with van der Waals surface area (Å²) in [7, 11) is 0. The third kappa shape index (κ3) is 5.25. The van der Waals surface area contributed by atoms with Crippen LogP contribution in [0.5, 0.6) is 0 Å². The summed E-state index contributed by atoms with van der Waals surface area (Å²) < 4.78 is 39.2. The highest BCUT2D eigenvalue weighted by molar-refractivity contribution is 5.80. The first kappa shape index (κ1) is 20.6. The predicted molar refractivity (Wildman–Crippen MR) is 110 cm³/mol. The molecule has 2 heterocycles. The van der Waals surface area contributed by atoms with Crippen molar-refractivity contribution in [2.75, 3.05) is 6.54 Å². The van der Waals surface area contributed by atoms with Crippen LogP contribution in [0.1, 0.15) is 23.6 Å². The van der Waals surface area contributed by atoms with E-state index in [0.29, 0.717) is 12.4 Å². The maximum absolute atomic E-state index is 13.1. The lowest BCUT2D eigenvalue weighted by Crippen LogP contribution is -2.27. The van der Waals surface area contributed by atoms with E-state index in [4.69, 9.17) is 0 Å². The van der Waals surface area contributed by atoms with Crippen molar-refractivity contribution in [3.63, 3.8) is 0 Å². The lowest BCUT2D eigenvalue weighted by atomic mass is 9.99. The second kappa shape index (κ2) is 8.94. The average molecular weight is 400 g/mol. The molecular weight excluding hydrogens is 377 g/mol. The standard InChI is InChI=1S/C22H23F3N4/c1-3-16(11-18-14-29-21-19(18)8-6-10-26-21)12-27-15(2)28-13-17-7-4-5-9-20(17)22(23,24)25/h3-10,14,16H,1,11-13H2,2H3,(H,26,29)(H,27,28)/t16-/m1/s1. The van der Waals surface area contributed by atoms with Crippen LogP contribution in [-0.2, 0) is 19.1 Å². The first-order chi connectivity index (χ1) is 13.9. The summed E-state index contributed by atoms with van der Waals surface area (Å²) in [5.74, 6) is 0.733. The van der Waals surface area contributed by atoms with Gasteiger partial charge in [-0.15, -0.1) is 6.58 Å². The molecule has 4 nitrogen and oxygen atoms in total. The minimum absolute atomic E-state index is 0.0264. The Morgan fingerprint density at radius 3 is 2.79 bits per heavy atom. The lowest BCUT2D eigenvalue weighted by Gasteiger charge is -2.15. The Balaban J connectivity index is 1.60. The van der Waals surface area contributed by atoms with Gasteiger partial charge in [0.1, 0.15) is 5.65 Å². The van der Waals surface area contributed by atoms with Crippen LogP contribution in [0.3, 0.4) is 0 Å². The lowest BCUT2D eigenvalue weighted by molar-refractivity contribution is -0.138. The molecule has 0 amide bonds. The van der Waals surface area contributed by atoms with Crippen molar-refractivity contribution in [1.29, 1.82) is 0 Å². The van der Waals surface area contributed by atoms with Gasteiger partial charge in [-0.3, -0.25) is 4.99 Å². The summed E-state index contributed by atoms with van der Waals surface area (Å²) in [6.07, 6.45) is 1.95. The molecule has 0 saturated carbocycles. The molecule has 3 aromatic rings. The fourth-order valence-corrected chi connectivity index (χ4v) is 3.18. The van der Waals surface area contributed by atoms with Gasteiger partial charge in [0.25, 0.3) is 0 Å². The Bertz CT molecular complexity index is 1000. The molecule has 0 spiro atoms. The molecule has 3 rings (SSSR count). The Hall–Kier alpha value is -3.09. The van der Waals surface area contributed by atoms with Gasteiger partial charge >= 0.3 is 6.18 Å². The number of hydrogen-bond donors (Lipinski definition) is 2. The number of benzene rings is 1. The number of H-pyrrole nitrogens is 1. The van der Waals surface area contributed by atoms with Gasteiger partial charge in [-0.25, -0.2) is 4.98 Å². The number of halogens is 3. The largest absolute Gasteiger partial charge is 0.416 e. The zero-order chi connectivity index (χ0) is 20.9. The van der Waals surface area contributed by atoms with Crippen LogP contribution in [0.4, 0.5) is 13.2 Å². The molecule has 0 bridgehead atoms. The molecule has 0 aliphatic heterocycles. The van der Waals surface area contributed by atoms with Crippen LogP contribution in [0, 0.1) is 5.92 Å². The molecular formula is C22H23F3N4. The fraction of sp³-hybridized carbons (Fsp3) is 0.273. The average Bonchev–Trinajstić information content (AvgIpc) is 3.12. The Labute approximate surface area is 167 Å². The van der Waals surface area contributed by atoms with Crippen LogP contribution in [0.2, 0.25) is 0 Å². The minimum Gasteiger partial charge on any atom is -0.373 e. The molecule has 0 saturated heterocycles. The highest BCUT2D eigenvalue weighted by Crippen LogP contribution is 2.32. The van der Waals surface area contributed by atoms with E-state index < -0.39 is 11.7 Å². The number of pyridine rings is 1. The highest BCUT2D eigenvalue weighted by Gasteiger charge is 2.32. The van der Waals surface area contributed by atoms with Gasteiger partial charge in [0, 0.05) is 24.3 Å². The number of nitrogens with zero attached hydrogens (tertiary/aromatic N) is 2. The number of hydrogen-bond acceptors (Lipinski definition) is 2. The highest BCUT2D eigenvalue weighted by atomic mass is 19.4. The van der Waals surface area contributed by atoms with Crippen molar-refractivity contribution in [2.45, 2.75) is 26.1 Å². The third-order valence-corrected chi connectivity index (χ3v) is 4.78. The summed E-state index contributed by atoms with van der Waals surface area (Å²) in [4.78, 5) is 11.7. The van der Waals surface area contributed by atoms with E-state index in [9.17, 15) is 13.2 Å². The minimum atomic E-state index is -4.38. The maximum Gasteiger partial charge on any atom is 0.416 e. The van der Waals surface area contributed by atoms with E-state index in [2.05, 4.69) is 26.9 Å². The van der Waals surface area contributed by atoms with E-state index in [-0.39, 0.29) is 18.0 Å². The molecule has 1 atom stereocenters. The number of rotatable bonds is 7. The number of nitrogens with one attached hydrogen (secondary N) is 2. The smallest absolute Gasteiger partial charge is 0.373 e. The third-order valence-electron chi connectivity index (χ3n) is 4.78. The zero-order valence-corrected chi connectivity index (χ0v) is 16.1. The number of amidine groups is 1. The van der Waals surface area contributed by atoms with Crippen LogP contribution in [-0.4, -0.2) is 22.3 Å². The molecule has 0 aliphatic rings.